The normalized spacial score (nSPS) is 11.4. The Bertz CT molecular complexity index is 2080. The Morgan fingerprint density at radius 2 is 0.902 bits per heavy atom. The van der Waals surface area contributed by atoms with Crippen molar-refractivity contribution in [2.75, 3.05) is 4.90 Å². The molecule has 41 heavy (non-hydrogen) atoms. The van der Waals surface area contributed by atoms with Gasteiger partial charge < -0.3 is 4.90 Å². The van der Waals surface area contributed by atoms with Gasteiger partial charge in [-0.3, -0.25) is 4.98 Å². The second kappa shape index (κ2) is 9.62. The molecule has 8 rings (SSSR count). The van der Waals surface area contributed by atoms with Crippen molar-refractivity contribution in [2.45, 2.75) is 0 Å². The lowest BCUT2D eigenvalue weighted by molar-refractivity contribution is 1.23. The van der Waals surface area contributed by atoms with E-state index < -0.39 is 0 Å². The molecule has 0 N–H and O–H groups in total. The highest BCUT2D eigenvalue weighted by Gasteiger charge is 2.16. The van der Waals surface area contributed by atoms with Crippen molar-refractivity contribution in [3.63, 3.8) is 0 Å². The number of pyridine rings is 1. The summed E-state index contributed by atoms with van der Waals surface area (Å²) in [6, 6.07) is 52.3. The number of hydrogen-bond acceptors (Lipinski definition) is 2. The van der Waals surface area contributed by atoms with Gasteiger partial charge in [-0.1, -0.05) is 109 Å². The van der Waals surface area contributed by atoms with E-state index in [2.05, 4.69) is 143 Å². The smallest absolute Gasteiger partial charge is 0.0644 e. The van der Waals surface area contributed by atoms with Crippen LogP contribution in [0.1, 0.15) is 0 Å². The molecule has 0 spiro atoms. The van der Waals surface area contributed by atoms with E-state index in [0.29, 0.717) is 0 Å². The average molecular weight is 523 g/mol. The molecule has 1 heterocycles. The van der Waals surface area contributed by atoms with Gasteiger partial charge in [0.1, 0.15) is 0 Å². The maximum atomic E-state index is 4.38. The first-order valence-electron chi connectivity index (χ1n) is 14.0. The van der Waals surface area contributed by atoms with Crippen molar-refractivity contribution in [1.82, 2.24) is 4.98 Å². The Balaban J connectivity index is 1.28. The first-order chi connectivity index (χ1) is 20.3. The monoisotopic (exact) mass is 522 g/mol. The standard InChI is InChI=1S/C39H26N2/c1-3-8-27(9-4-1)34-21-15-29-18-24-37-35(22-16-30-17-23-36(34)38(29)39(30)37)28-13-19-32(20-14-28)41(31-10-5-2-6-11-31)33-12-7-25-40-26-33/h1-26H. The molecule has 0 bridgehead atoms. The Labute approximate surface area is 239 Å². The van der Waals surface area contributed by atoms with Crippen LogP contribution in [0.25, 0.3) is 54.6 Å². The minimum Gasteiger partial charge on any atom is -0.309 e. The van der Waals surface area contributed by atoms with Crippen molar-refractivity contribution in [1.29, 1.82) is 0 Å². The Hall–Kier alpha value is -5.47. The quantitative estimate of drug-likeness (QED) is 0.209. The Morgan fingerprint density at radius 1 is 0.390 bits per heavy atom. The van der Waals surface area contributed by atoms with Crippen LogP contribution in [0, 0.1) is 0 Å². The van der Waals surface area contributed by atoms with Crippen LogP contribution in [0.4, 0.5) is 17.1 Å². The number of para-hydroxylation sites is 1. The third kappa shape index (κ3) is 3.92. The molecule has 7 aromatic carbocycles. The summed E-state index contributed by atoms with van der Waals surface area (Å²) >= 11 is 0. The second-order valence-corrected chi connectivity index (χ2v) is 10.4. The molecule has 0 amide bonds. The maximum Gasteiger partial charge on any atom is 0.0644 e. The fraction of sp³-hybridized carbons (Fsp3) is 0. The number of anilines is 3. The van der Waals surface area contributed by atoms with Gasteiger partial charge in [-0.2, -0.15) is 0 Å². The van der Waals surface area contributed by atoms with Gasteiger partial charge in [0, 0.05) is 17.6 Å². The maximum absolute atomic E-state index is 4.38. The highest BCUT2D eigenvalue weighted by Crippen LogP contribution is 2.43. The summed E-state index contributed by atoms with van der Waals surface area (Å²) in [6.07, 6.45) is 3.72. The fourth-order valence-electron chi connectivity index (χ4n) is 6.22. The molecule has 192 valence electrons. The lowest BCUT2D eigenvalue weighted by Gasteiger charge is -2.25. The molecule has 2 nitrogen and oxygen atoms in total. The minimum atomic E-state index is 1.03. The molecule has 0 saturated heterocycles. The lowest BCUT2D eigenvalue weighted by Crippen LogP contribution is -2.09. The Kier molecular flexibility index (Phi) is 5.49. The van der Waals surface area contributed by atoms with Crippen LogP contribution < -0.4 is 4.90 Å². The lowest BCUT2D eigenvalue weighted by atomic mass is 9.87. The molecular weight excluding hydrogens is 496 g/mol. The van der Waals surface area contributed by atoms with E-state index >= 15 is 0 Å². The zero-order valence-corrected chi connectivity index (χ0v) is 22.4. The Morgan fingerprint density at radius 3 is 1.49 bits per heavy atom. The first kappa shape index (κ1) is 23.4. The second-order valence-electron chi connectivity index (χ2n) is 10.4. The molecule has 8 aromatic rings. The number of hydrogen-bond donors (Lipinski definition) is 0. The molecule has 0 atom stereocenters. The zero-order chi connectivity index (χ0) is 27.2. The van der Waals surface area contributed by atoms with E-state index in [9.17, 15) is 0 Å². The van der Waals surface area contributed by atoms with Gasteiger partial charge >= 0.3 is 0 Å². The topological polar surface area (TPSA) is 16.1 Å². The third-order valence-electron chi connectivity index (χ3n) is 8.10. The fourth-order valence-corrected chi connectivity index (χ4v) is 6.22. The third-order valence-corrected chi connectivity index (χ3v) is 8.10. The summed E-state index contributed by atoms with van der Waals surface area (Å²) < 4.78 is 0. The summed E-state index contributed by atoms with van der Waals surface area (Å²) in [5, 5.41) is 7.81. The minimum absolute atomic E-state index is 1.03. The van der Waals surface area contributed by atoms with Gasteiger partial charge in [-0.25, -0.2) is 0 Å². The van der Waals surface area contributed by atoms with Gasteiger partial charge in [-0.05, 0) is 91.0 Å². The van der Waals surface area contributed by atoms with Gasteiger partial charge in [0.2, 0.25) is 0 Å². The summed E-state index contributed by atoms with van der Waals surface area (Å²) in [6.45, 7) is 0. The summed E-state index contributed by atoms with van der Waals surface area (Å²) in [5.74, 6) is 0. The molecule has 0 saturated carbocycles. The van der Waals surface area contributed by atoms with Crippen LogP contribution in [-0.2, 0) is 0 Å². The zero-order valence-electron chi connectivity index (χ0n) is 22.4. The summed E-state index contributed by atoms with van der Waals surface area (Å²) in [5.41, 5.74) is 8.20. The molecule has 0 unspecified atom stereocenters. The predicted octanol–water partition coefficient (Wildman–Crippen LogP) is 10.8. The van der Waals surface area contributed by atoms with Gasteiger partial charge in [0.25, 0.3) is 0 Å². The van der Waals surface area contributed by atoms with E-state index in [0.717, 1.165) is 17.1 Å². The predicted molar refractivity (Wildman–Crippen MR) is 173 cm³/mol. The molecule has 0 fully saturated rings. The largest absolute Gasteiger partial charge is 0.309 e. The van der Waals surface area contributed by atoms with Crippen LogP contribution in [-0.4, -0.2) is 4.98 Å². The average Bonchev–Trinajstić information content (AvgIpc) is 3.05. The van der Waals surface area contributed by atoms with Crippen LogP contribution in [0.15, 0.2) is 158 Å². The molecule has 2 heteroatoms. The van der Waals surface area contributed by atoms with Crippen molar-refractivity contribution in [3.05, 3.63) is 158 Å². The SMILES string of the molecule is c1ccc(-c2ccc3ccc4c(-c5ccc(N(c6ccccc6)c6cccnc6)cc5)ccc5ccc2c3c54)cc1. The van der Waals surface area contributed by atoms with E-state index in [4.69, 9.17) is 0 Å². The van der Waals surface area contributed by atoms with Crippen LogP contribution >= 0.6 is 0 Å². The van der Waals surface area contributed by atoms with E-state index in [1.54, 1.807) is 0 Å². The highest BCUT2D eigenvalue weighted by atomic mass is 15.1. The molecule has 0 radical (unpaired) electrons. The number of benzene rings is 7. The van der Waals surface area contributed by atoms with Crippen molar-refractivity contribution < 1.29 is 0 Å². The molecule has 0 aliphatic heterocycles. The van der Waals surface area contributed by atoms with E-state index in [1.165, 1.54) is 54.6 Å². The van der Waals surface area contributed by atoms with Crippen molar-refractivity contribution >= 4 is 49.4 Å². The van der Waals surface area contributed by atoms with Crippen LogP contribution in [0.5, 0.6) is 0 Å². The van der Waals surface area contributed by atoms with E-state index in [1.807, 2.05) is 24.5 Å². The number of aromatic nitrogens is 1. The highest BCUT2D eigenvalue weighted by molar-refractivity contribution is 6.27. The van der Waals surface area contributed by atoms with Gasteiger partial charge in [0.15, 0.2) is 0 Å². The van der Waals surface area contributed by atoms with Crippen LogP contribution in [0.2, 0.25) is 0 Å². The van der Waals surface area contributed by atoms with Gasteiger partial charge in [0.05, 0.1) is 11.9 Å². The molecule has 0 aliphatic rings. The number of rotatable bonds is 5. The van der Waals surface area contributed by atoms with Crippen molar-refractivity contribution in [3.8, 4) is 22.3 Å². The molecule has 0 aliphatic carbocycles. The first-order valence-corrected chi connectivity index (χ1v) is 14.0. The van der Waals surface area contributed by atoms with E-state index in [-0.39, 0.29) is 0 Å². The van der Waals surface area contributed by atoms with Crippen LogP contribution in [0.3, 0.4) is 0 Å². The number of nitrogens with zero attached hydrogens (tertiary/aromatic N) is 2. The summed E-state index contributed by atoms with van der Waals surface area (Å²) in [7, 11) is 0. The van der Waals surface area contributed by atoms with Crippen molar-refractivity contribution in [2.24, 2.45) is 0 Å². The summed E-state index contributed by atoms with van der Waals surface area (Å²) in [4.78, 5) is 6.62. The molecule has 1 aromatic heterocycles. The molecular formula is C39H26N2. The van der Waals surface area contributed by atoms with Gasteiger partial charge in [-0.15, -0.1) is 0 Å².